The molecule has 21 heteroatoms. The summed E-state index contributed by atoms with van der Waals surface area (Å²) in [5.41, 5.74) is -1.33. The van der Waals surface area contributed by atoms with E-state index in [9.17, 15) is 58.8 Å². The number of aliphatic hydroxyl groups excluding tert-OH is 5. The topological polar surface area (TPSA) is 294 Å². The summed E-state index contributed by atoms with van der Waals surface area (Å²) in [4.78, 5) is 56.9. The Morgan fingerprint density at radius 2 is 1.73 bits per heavy atom. The minimum Gasteiger partial charge on any atom is -0.390 e. The average molecular weight is 578 g/mol. The lowest BCUT2D eigenvalue weighted by Crippen LogP contribution is -2.59. The molecule has 0 bridgehead atoms. The van der Waals surface area contributed by atoms with Crippen molar-refractivity contribution in [2.24, 2.45) is 0 Å². The summed E-state index contributed by atoms with van der Waals surface area (Å²) in [5.74, 6) is -1.91. The molecule has 1 aromatic heterocycles. The zero-order chi connectivity index (χ0) is 27.9. The molecule has 2 saturated heterocycles. The maximum absolute atomic E-state index is 12.1. The van der Waals surface area contributed by atoms with E-state index in [0.29, 0.717) is 0 Å². The van der Waals surface area contributed by atoms with Crippen molar-refractivity contribution in [3.05, 3.63) is 32.6 Å². The van der Waals surface area contributed by atoms with Crippen molar-refractivity contribution in [1.29, 1.82) is 0 Å². The molecule has 0 amide bonds. The van der Waals surface area contributed by atoms with Crippen LogP contribution in [0.3, 0.4) is 0 Å². The number of hydrogen-bond donors (Lipinski definition) is 8. The first-order chi connectivity index (χ1) is 17.0. The number of rotatable bonds is 8. The third kappa shape index (κ3) is 6.98. The zero-order valence-electron chi connectivity index (χ0n) is 18.7. The molecule has 3 unspecified atom stereocenters. The molecule has 0 aliphatic carbocycles. The quantitative estimate of drug-likeness (QED) is 0.137. The van der Waals surface area contributed by atoms with E-state index in [1.54, 1.807) is 0 Å². The number of aromatic amines is 1. The van der Waals surface area contributed by atoms with Crippen LogP contribution in [0.25, 0.3) is 0 Å². The Kier molecular flexibility index (Phi) is 8.93. The van der Waals surface area contributed by atoms with E-state index in [1.807, 2.05) is 4.98 Å². The lowest BCUT2D eigenvalue weighted by atomic mass is 9.99. The van der Waals surface area contributed by atoms with Crippen LogP contribution >= 0.6 is 15.6 Å². The van der Waals surface area contributed by atoms with Crippen molar-refractivity contribution in [2.45, 2.75) is 62.5 Å². The molecular formula is C16H24N2O17P2. The van der Waals surface area contributed by atoms with Gasteiger partial charge in [-0.05, 0) is 6.92 Å². The monoisotopic (exact) mass is 578 g/mol. The fourth-order valence-corrected chi connectivity index (χ4v) is 5.43. The van der Waals surface area contributed by atoms with Gasteiger partial charge in [0.2, 0.25) is 0 Å². The largest absolute Gasteiger partial charge is 0.538 e. The summed E-state index contributed by atoms with van der Waals surface area (Å²) in [6.45, 7) is 0.492. The highest BCUT2D eigenvalue weighted by atomic mass is 31.3. The van der Waals surface area contributed by atoms with Crippen molar-refractivity contribution >= 4 is 21.6 Å². The third-order valence-electron chi connectivity index (χ3n) is 5.29. The molecular weight excluding hydrogens is 554 g/mol. The van der Waals surface area contributed by atoms with E-state index in [1.165, 1.54) is 13.1 Å². The summed E-state index contributed by atoms with van der Waals surface area (Å²) in [6, 6.07) is 0. The van der Waals surface area contributed by atoms with Gasteiger partial charge in [-0.25, -0.2) is 18.7 Å². The summed E-state index contributed by atoms with van der Waals surface area (Å²) in [7, 11) is -11.3. The third-order valence-corrected chi connectivity index (χ3v) is 7.83. The molecule has 0 aromatic carbocycles. The van der Waals surface area contributed by atoms with Gasteiger partial charge in [0.25, 0.3) is 5.56 Å². The summed E-state index contributed by atoms with van der Waals surface area (Å²) in [5, 5.41) is 48.2. The number of aryl methyl sites for hydroxylation is 1. The molecule has 2 aliphatic rings. The van der Waals surface area contributed by atoms with Crippen LogP contribution < -0.4 is 11.2 Å². The van der Waals surface area contributed by atoms with Gasteiger partial charge >= 0.3 is 27.3 Å². The van der Waals surface area contributed by atoms with Crippen molar-refractivity contribution in [1.82, 2.24) is 9.55 Å². The van der Waals surface area contributed by atoms with Crippen LogP contribution in [0.2, 0.25) is 0 Å². The van der Waals surface area contributed by atoms with Gasteiger partial charge < -0.3 is 44.4 Å². The highest BCUT2D eigenvalue weighted by Gasteiger charge is 2.49. The number of aromatic nitrogens is 2. The van der Waals surface area contributed by atoms with Crippen LogP contribution in [-0.2, 0) is 36.8 Å². The summed E-state index contributed by atoms with van der Waals surface area (Å²) in [6.07, 6.45) is -13.7. The first-order valence-corrected chi connectivity index (χ1v) is 13.3. The summed E-state index contributed by atoms with van der Waals surface area (Å²) >= 11 is 0. The molecule has 2 fully saturated rings. The predicted molar refractivity (Wildman–Crippen MR) is 112 cm³/mol. The number of aliphatic hydroxyl groups is 5. The molecule has 3 heterocycles. The number of carbonyl (C=O) groups excluding carboxylic acids is 1. The van der Waals surface area contributed by atoms with Crippen molar-refractivity contribution < 1.29 is 72.1 Å². The fourth-order valence-electron chi connectivity index (χ4n) is 3.40. The van der Waals surface area contributed by atoms with E-state index in [4.69, 9.17) is 4.74 Å². The van der Waals surface area contributed by atoms with Gasteiger partial charge in [-0.3, -0.25) is 23.8 Å². The Morgan fingerprint density at radius 1 is 1.08 bits per heavy atom. The SMILES string of the molecule is Cc1cn([C@H]2C[C@H](O)[C@@H](COP(=O)(O)OP(=O)(O)OC(=O)[C@H]3OC(O)[C@H](O)[C@@H](O)[C@@H]3O)O2)c(=O)[nH]c1=O. The number of hydrogen-bond acceptors (Lipinski definition) is 15. The summed E-state index contributed by atoms with van der Waals surface area (Å²) < 4.78 is 47.5. The van der Waals surface area contributed by atoms with Crippen LogP contribution in [0.15, 0.2) is 15.8 Å². The van der Waals surface area contributed by atoms with Gasteiger partial charge in [0.1, 0.15) is 30.6 Å². The van der Waals surface area contributed by atoms with Crippen molar-refractivity contribution in [3.8, 4) is 0 Å². The van der Waals surface area contributed by atoms with E-state index < -0.39 is 88.6 Å². The van der Waals surface area contributed by atoms with E-state index in [-0.39, 0.29) is 12.0 Å². The standard InChI is InChI=1S/C16H24N2O17P2/c1-5-3-18(16(26)17-13(5)23)8-2-6(19)7(32-8)4-31-36(27,28)35-37(29,30)34-15(25)12-10(21)9(20)11(22)14(24)33-12/h3,6-12,14,19-22,24H,2,4H2,1H3,(H,27,28)(H,29,30)(H,17,23,26)/t6-,7+,8+,9-,10-,11+,12-,14?/m0/s1. The van der Waals surface area contributed by atoms with Crippen LogP contribution in [0.5, 0.6) is 0 Å². The van der Waals surface area contributed by atoms with Crippen LogP contribution in [0.1, 0.15) is 18.2 Å². The predicted octanol–water partition coefficient (Wildman–Crippen LogP) is -3.93. The van der Waals surface area contributed by atoms with Gasteiger partial charge in [-0.2, -0.15) is 4.31 Å². The van der Waals surface area contributed by atoms with Crippen molar-refractivity contribution in [2.75, 3.05) is 6.61 Å². The Morgan fingerprint density at radius 3 is 2.38 bits per heavy atom. The van der Waals surface area contributed by atoms with E-state index in [0.717, 1.165) is 4.57 Å². The van der Waals surface area contributed by atoms with Crippen LogP contribution in [-0.4, -0.2) is 100 Å². The minimum absolute atomic E-state index is 0.158. The molecule has 0 saturated carbocycles. The number of ether oxygens (including phenoxy) is 2. The van der Waals surface area contributed by atoms with E-state index >= 15 is 0 Å². The van der Waals surface area contributed by atoms with Gasteiger partial charge in [-0.1, -0.05) is 0 Å². The maximum Gasteiger partial charge on any atom is 0.538 e. The maximum atomic E-state index is 12.1. The number of phosphoric acid groups is 2. The van der Waals surface area contributed by atoms with Crippen molar-refractivity contribution in [3.63, 3.8) is 0 Å². The van der Waals surface area contributed by atoms with Gasteiger partial charge in [0.15, 0.2) is 12.4 Å². The fraction of sp³-hybridized carbons (Fsp3) is 0.688. The van der Waals surface area contributed by atoms with Gasteiger partial charge in [0.05, 0.1) is 12.7 Å². The minimum atomic E-state index is -5.76. The number of carbonyl (C=O) groups is 1. The Bertz CT molecular complexity index is 1220. The highest BCUT2D eigenvalue weighted by molar-refractivity contribution is 7.61. The number of H-pyrrole nitrogens is 1. The molecule has 8 N–H and O–H groups in total. The molecule has 0 radical (unpaired) electrons. The Balaban J connectivity index is 1.58. The number of nitrogens with zero attached hydrogens (tertiary/aromatic N) is 1. The van der Waals surface area contributed by atoms with Crippen LogP contribution in [0, 0.1) is 6.92 Å². The van der Waals surface area contributed by atoms with Gasteiger partial charge in [0, 0.05) is 18.2 Å². The lowest BCUT2D eigenvalue weighted by Gasteiger charge is -2.36. The second-order valence-corrected chi connectivity index (χ2v) is 11.0. The first kappa shape index (κ1) is 29.7. The molecule has 3 rings (SSSR count). The first-order valence-electron chi connectivity index (χ1n) is 10.3. The normalized spacial score (nSPS) is 35.5. The smallest absolute Gasteiger partial charge is 0.390 e. The zero-order valence-corrected chi connectivity index (χ0v) is 20.5. The number of nitrogens with one attached hydrogen (secondary N) is 1. The lowest BCUT2D eigenvalue weighted by molar-refractivity contribution is -0.279. The van der Waals surface area contributed by atoms with Crippen LogP contribution in [0.4, 0.5) is 0 Å². The number of phosphoric ester groups is 2. The van der Waals surface area contributed by atoms with Gasteiger partial charge in [-0.15, -0.1) is 0 Å². The molecule has 10 atom stereocenters. The molecule has 210 valence electrons. The molecule has 37 heavy (non-hydrogen) atoms. The molecule has 2 aliphatic heterocycles. The molecule has 1 aromatic rings. The molecule has 19 nitrogen and oxygen atoms in total. The second kappa shape index (κ2) is 11.1. The second-order valence-electron chi connectivity index (χ2n) is 8.05. The highest BCUT2D eigenvalue weighted by Crippen LogP contribution is 2.60. The Labute approximate surface area is 205 Å². The van der Waals surface area contributed by atoms with E-state index in [2.05, 4.69) is 18.1 Å². The molecule has 0 spiro atoms. The average Bonchev–Trinajstić information content (AvgIpc) is 3.15. The Hall–Kier alpha value is -1.83.